The molecule has 0 radical (unpaired) electrons. The van der Waals surface area contributed by atoms with Crippen LogP contribution in [0.5, 0.6) is 11.5 Å². The van der Waals surface area contributed by atoms with Crippen LogP contribution in [-0.4, -0.2) is 20.3 Å². The van der Waals surface area contributed by atoms with E-state index in [0.717, 1.165) is 11.3 Å². The number of phenols is 1. The van der Waals surface area contributed by atoms with Gasteiger partial charge in [-0.1, -0.05) is 18.2 Å². The first-order chi connectivity index (χ1) is 12.5. The van der Waals surface area contributed by atoms with E-state index in [1.165, 1.54) is 24.3 Å². The summed E-state index contributed by atoms with van der Waals surface area (Å²) in [5.41, 5.74) is 1.84. The lowest BCUT2D eigenvalue weighted by atomic mass is 10.1. The minimum absolute atomic E-state index is 0.0290. The normalized spacial score (nSPS) is 13.8. The fourth-order valence-electron chi connectivity index (χ4n) is 2.95. The molecule has 1 aliphatic heterocycles. The minimum Gasteiger partial charge on any atom is -0.508 e. The summed E-state index contributed by atoms with van der Waals surface area (Å²) >= 11 is 0. The number of anilines is 1. The quantitative estimate of drug-likeness (QED) is 0.766. The van der Waals surface area contributed by atoms with Crippen LogP contribution in [0.1, 0.15) is 5.56 Å². The van der Waals surface area contributed by atoms with Gasteiger partial charge in [-0.2, -0.15) is 0 Å². The highest BCUT2D eigenvalue weighted by Crippen LogP contribution is 2.32. The van der Waals surface area contributed by atoms with Crippen molar-refractivity contribution in [2.24, 2.45) is 0 Å². The van der Waals surface area contributed by atoms with Crippen molar-refractivity contribution in [3.8, 4) is 11.5 Å². The Morgan fingerprint density at radius 3 is 2.31 bits per heavy atom. The van der Waals surface area contributed by atoms with Gasteiger partial charge in [0.1, 0.15) is 11.5 Å². The number of rotatable bonds is 3. The molecule has 5 nitrogen and oxygen atoms in total. The number of ether oxygens (including phenoxy) is 1. The number of hydrogen-bond acceptors (Lipinski definition) is 5. The molecule has 1 N–H and O–H groups in total. The molecule has 0 fully saturated rings. The zero-order valence-electron chi connectivity index (χ0n) is 13.9. The van der Waals surface area contributed by atoms with Gasteiger partial charge >= 0.3 is 0 Å². The average molecular weight is 367 g/mol. The van der Waals surface area contributed by atoms with Gasteiger partial charge in [-0.15, -0.1) is 0 Å². The number of aromatic hydroxyl groups is 1. The Hall–Kier alpha value is -2.99. The van der Waals surface area contributed by atoms with Crippen LogP contribution < -0.4 is 9.64 Å². The molecule has 26 heavy (non-hydrogen) atoms. The fraction of sp³-hybridized carbons (Fsp3) is 0.100. The minimum atomic E-state index is -3.66. The zero-order valence-corrected chi connectivity index (χ0v) is 14.7. The molecule has 0 bridgehead atoms. The van der Waals surface area contributed by atoms with Gasteiger partial charge in [-0.25, -0.2) is 8.42 Å². The summed E-state index contributed by atoms with van der Waals surface area (Å²) in [6.07, 6.45) is 0. The van der Waals surface area contributed by atoms with Crippen LogP contribution in [0.15, 0.2) is 82.6 Å². The van der Waals surface area contributed by atoms with Crippen molar-refractivity contribution >= 4 is 15.5 Å². The molecular formula is C20H17NO4S. The third-order valence-electron chi connectivity index (χ3n) is 4.35. The molecule has 0 atom stereocenters. The first kappa shape index (κ1) is 16.5. The van der Waals surface area contributed by atoms with Crippen LogP contribution in [0.25, 0.3) is 0 Å². The molecule has 4 rings (SSSR count). The molecule has 6 heteroatoms. The van der Waals surface area contributed by atoms with E-state index in [9.17, 15) is 13.5 Å². The molecule has 3 aromatic rings. The smallest absolute Gasteiger partial charge is 0.206 e. The van der Waals surface area contributed by atoms with E-state index in [2.05, 4.69) is 0 Å². The van der Waals surface area contributed by atoms with Crippen molar-refractivity contribution in [3.05, 3.63) is 78.4 Å². The van der Waals surface area contributed by atoms with E-state index in [0.29, 0.717) is 19.0 Å². The number of phenolic OH excluding ortho intramolecular Hbond substituents is 1. The Bertz CT molecular complexity index is 1030. The maximum absolute atomic E-state index is 12.8. The number of para-hydroxylation sites is 1. The Kier molecular flexibility index (Phi) is 4.05. The van der Waals surface area contributed by atoms with Crippen molar-refractivity contribution in [2.75, 3.05) is 11.6 Å². The topological polar surface area (TPSA) is 66.8 Å². The van der Waals surface area contributed by atoms with Gasteiger partial charge in [0.05, 0.1) is 9.79 Å². The molecule has 0 amide bonds. The van der Waals surface area contributed by atoms with Crippen molar-refractivity contribution in [1.82, 2.24) is 0 Å². The van der Waals surface area contributed by atoms with Crippen LogP contribution in [0.4, 0.5) is 5.69 Å². The Balaban J connectivity index is 1.68. The van der Waals surface area contributed by atoms with Crippen molar-refractivity contribution in [3.63, 3.8) is 0 Å². The molecule has 132 valence electrons. The number of fused-ring (bicyclic) bond motifs is 1. The van der Waals surface area contributed by atoms with E-state index < -0.39 is 9.84 Å². The monoisotopic (exact) mass is 367 g/mol. The lowest BCUT2D eigenvalue weighted by Crippen LogP contribution is -2.31. The number of hydrogen-bond donors (Lipinski definition) is 1. The molecule has 0 aromatic heterocycles. The summed E-state index contributed by atoms with van der Waals surface area (Å²) in [7, 11) is -3.66. The zero-order chi connectivity index (χ0) is 18.1. The molecule has 3 aromatic carbocycles. The maximum atomic E-state index is 12.8. The third kappa shape index (κ3) is 2.99. The second kappa shape index (κ2) is 6.38. The summed E-state index contributed by atoms with van der Waals surface area (Å²) in [5, 5.41) is 9.37. The number of sulfone groups is 1. The van der Waals surface area contributed by atoms with Crippen molar-refractivity contribution in [1.29, 1.82) is 0 Å². The fourth-order valence-corrected chi connectivity index (χ4v) is 4.26. The summed E-state index contributed by atoms with van der Waals surface area (Å²) in [6, 6.07) is 20.3. The molecule has 0 unspecified atom stereocenters. The standard InChI is InChI=1S/C20H17NO4S/c22-17-6-8-18(9-7-17)26(23,24)19-10-11-20-15(12-19)13-21(14-25-20)16-4-2-1-3-5-16/h1-12,22H,13-14H2. The van der Waals surface area contributed by atoms with E-state index in [-0.39, 0.29) is 15.5 Å². The highest BCUT2D eigenvalue weighted by molar-refractivity contribution is 7.91. The van der Waals surface area contributed by atoms with Gasteiger partial charge in [-0.05, 0) is 54.6 Å². The first-order valence-electron chi connectivity index (χ1n) is 8.14. The molecule has 0 saturated carbocycles. The van der Waals surface area contributed by atoms with Gasteiger partial charge in [0, 0.05) is 17.8 Å². The van der Waals surface area contributed by atoms with Crippen LogP contribution in [0.2, 0.25) is 0 Å². The van der Waals surface area contributed by atoms with E-state index >= 15 is 0 Å². The highest BCUT2D eigenvalue weighted by atomic mass is 32.2. The molecule has 0 spiro atoms. The lowest BCUT2D eigenvalue weighted by Gasteiger charge is -2.31. The van der Waals surface area contributed by atoms with E-state index in [1.807, 2.05) is 35.2 Å². The third-order valence-corrected chi connectivity index (χ3v) is 6.12. The maximum Gasteiger partial charge on any atom is 0.206 e. The number of nitrogens with zero attached hydrogens (tertiary/aromatic N) is 1. The predicted octanol–water partition coefficient (Wildman–Crippen LogP) is 3.58. The largest absolute Gasteiger partial charge is 0.508 e. The first-order valence-corrected chi connectivity index (χ1v) is 9.62. The van der Waals surface area contributed by atoms with Crippen LogP contribution in [-0.2, 0) is 16.4 Å². The Labute approximate surface area is 152 Å². The SMILES string of the molecule is O=S(=O)(c1ccc(O)cc1)c1ccc2c(c1)CN(c1ccccc1)CO2. The van der Waals surface area contributed by atoms with Gasteiger partial charge in [0.25, 0.3) is 0 Å². The molecule has 0 aliphatic carbocycles. The van der Waals surface area contributed by atoms with Crippen molar-refractivity contribution < 1.29 is 18.3 Å². The molecule has 1 heterocycles. The van der Waals surface area contributed by atoms with Gasteiger partial charge < -0.3 is 14.7 Å². The lowest BCUT2D eigenvalue weighted by molar-refractivity contribution is 0.289. The second-order valence-corrected chi connectivity index (χ2v) is 8.02. The van der Waals surface area contributed by atoms with E-state index in [1.54, 1.807) is 18.2 Å². The van der Waals surface area contributed by atoms with Crippen molar-refractivity contribution in [2.45, 2.75) is 16.3 Å². The van der Waals surface area contributed by atoms with Gasteiger partial charge in [0.2, 0.25) is 9.84 Å². The van der Waals surface area contributed by atoms with Gasteiger partial charge in [0.15, 0.2) is 6.73 Å². The average Bonchev–Trinajstić information content (AvgIpc) is 2.68. The molecule has 1 aliphatic rings. The summed E-state index contributed by atoms with van der Waals surface area (Å²) in [5.74, 6) is 0.725. The summed E-state index contributed by atoms with van der Waals surface area (Å²) < 4.78 is 31.5. The van der Waals surface area contributed by atoms with Crippen LogP contribution in [0, 0.1) is 0 Å². The molecule has 0 saturated heterocycles. The predicted molar refractivity (Wildman–Crippen MR) is 98.1 cm³/mol. The highest BCUT2D eigenvalue weighted by Gasteiger charge is 2.23. The summed E-state index contributed by atoms with van der Waals surface area (Å²) in [6.45, 7) is 0.985. The Morgan fingerprint density at radius 1 is 0.885 bits per heavy atom. The second-order valence-electron chi connectivity index (χ2n) is 6.07. The van der Waals surface area contributed by atoms with Gasteiger partial charge in [-0.3, -0.25) is 0 Å². The Morgan fingerprint density at radius 2 is 1.58 bits per heavy atom. The van der Waals surface area contributed by atoms with Crippen LogP contribution in [0.3, 0.4) is 0 Å². The van der Waals surface area contributed by atoms with Crippen LogP contribution >= 0.6 is 0 Å². The summed E-state index contributed by atoms with van der Waals surface area (Å²) in [4.78, 5) is 2.39. The van der Waals surface area contributed by atoms with E-state index in [4.69, 9.17) is 4.74 Å². The number of benzene rings is 3. The molecular weight excluding hydrogens is 350 g/mol.